The van der Waals surface area contributed by atoms with Gasteiger partial charge in [-0.05, 0) is 36.4 Å². The van der Waals surface area contributed by atoms with E-state index in [0.717, 1.165) is 35.8 Å². The number of aromatic nitrogens is 3. The number of hydrogen-bond acceptors (Lipinski definition) is 10. The topological polar surface area (TPSA) is 157 Å². The molecular formula is C25H21Cl2N7O5S. The van der Waals surface area contributed by atoms with Crippen molar-refractivity contribution in [2.24, 2.45) is 5.10 Å². The van der Waals surface area contributed by atoms with E-state index in [9.17, 15) is 20.0 Å². The molecule has 1 amide bonds. The summed E-state index contributed by atoms with van der Waals surface area (Å²) in [6.45, 7) is 0.260. The number of nitro benzene ring substituents is 1. The summed E-state index contributed by atoms with van der Waals surface area (Å²) >= 11 is 13.7. The third-order valence-corrected chi connectivity index (χ3v) is 6.81. The first kappa shape index (κ1) is 28.7. The van der Waals surface area contributed by atoms with Crippen LogP contribution in [0.5, 0.6) is 11.5 Å². The number of benzene rings is 3. The van der Waals surface area contributed by atoms with Crippen molar-refractivity contribution in [2.75, 3.05) is 18.2 Å². The normalized spacial score (nSPS) is 11.0. The molecule has 3 aromatic carbocycles. The molecule has 0 saturated heterocycles. The van der Waals surface area contributed by atoms with E-state index >= 15 is 0 Å². The molecule has 1 heterocycles. The zero-order valence-corrected chi connectivity index (χ0v) is 23.1. The molecule has 206 valence electrons. The lowest BCUT2D eigenvalue weighted by Crippen LogP contribution is -2.20. The summed E-state index contributed by atoms with van der Waals surface area (Å²) in [5.41, 5.74) is 3.49. The number of nitro groups is 1. The van der Waals surface area contributed by atoms with Crippen molar-refractivity contribution < 1.29 is 19.6 Å². The minimum atomic E-state index is -0.602. The fourth-order valence-electron chi connectivity index (χ4n) is 3.47. The van der Waals surface area contributed by atoms with Gasteiger partial charge in [-0.1, -0.05) is 47.1 Å². The number of amides is 1. The standard InChI is InChI=1S/C25H21Cl2N7O5S/c1-39-22-5-3-2-4-19(22)28-13-23-30-32-25(33(23)20-8-6-16(26)11-18(20)27)40-14-24(36)31-29-12-15-10-17(34(37)38)7-9-21(15)35/h2-12,28,35H,13-14H2,1H3,(H,31,36). The van der Waals surface area contributed by atoms with Gasteiger partial charge in [0, 0.05) is 22.7 Å². The second-order valence-corrected chi connectivity index (χ2v) is 9.75. The Morgan fingerprint density at radius 2 is 2.00 bits per heavy atom. The van der Waals surface area contributed by atoms with Gasteiger partial charge in [0.2, 0.25) is 0 Å². The molecule has 0 fully saturated rings. The number of nitrogens with one attached hydrogen (secondary N) is 2. The maximum absolute atomic E-state index is 12.5. The quantitative estimate of drug-likeness (QED) is 0.0925. The van der Waals surface area contributed by atoms with Crippen LogP contribution in [0.2, 0.25) is 10.0 Å². The summed E-state index contributed by atoms with van der Waals surface area (Å²) in [4.78, 5) is 22.8. The Morgan fingerprint density at radius 3 is 2.75 bits per heavy atom. The third kappa shape index (κ3) is 7.00. The number of ether oxygens (including phenoxy) is 1. The number of nitrogens with zero attached hydrogens (tertiary/aromatic N) is 5. The van der Waals surface area contributed by atoms with Crippen LogP contribution in [0.3, 0.4) is 0 Å². The maximum atomic E-state index is 12.5. The molecule has 3 N–H and O–H groups in total. The number of carbonyl (C=O) groups excluding carboxylic acids is 1. The molecule has 0 aliphatic carbocycles. The molecule has 4 rings (SSSR count). The van der Waals surface area contributed by atoms with E-state index in [0.29, 0.717) is 32.5 Å². The smallest absolute Gasteiger partial charge is 0.270 e. The van der Waals surface area contributed by atoms with Crippen LogP contribution < -0.4 is 15.5 Å². The Balaban J connectivity index is 1.50. The van der Waals surface area contributed by atoms with Gasteiger partial charge < -0.3 is 15.2 Å². The van der Waals surface area contributed by atoms with Gasteiger partial charge in [0.15, 0.2) is 11.0 Å². The highest BCUT2D eigenvalue weighted by Crippen LogP contribution is 2.30. The van der Waals surface area contributed by atoms with Gasteiger partial charge in [0.1, 0.15) is 11.5 Å². The molecule has 15 heteroatoms. The number of hydrogen-bond donors (Lipinski definition) is 3. The van der Waals surface area contributed by atoms with Gasteiger partial charge in [-0.25, -0.2) is 5.43 Å². The molecule has 4 aromatic rings. The van der Waals surface area contributed by atoms with Crippen LogP contribution in [-0.4, -0.2) is 49.8 Å². The minimum Gasteiger partial charge on any atom is -0.507 e. The van der Waals surface area contributed by atoms with Crippen molar-refractivity contribution >= 4 is 58.5 Å². The Kier molecular flexibility index (Phi) is 9.43. The summed E-state index contributed by atoms with van der Waals surface area (Å²) in [5.74, 6) is 0.360. The molecule has 0 unspecified atom stereocenters. The number of hydrazone groups is 1. The number of phenols is 1. The number of rotatable bonds is 11. The highest BCUT2D eigenvalue weighted by molar-refractivity contribution is 7.99. The Bertz CT molecular complexity index is 1580. The number of halogens is 2. The zero-order chi connectivity index (χ0) is 28.6. The van der Waals surface area contributed by atoms with Crippen LogP contribution in [0.1, 0.15) is 11.4 Å². The number of anilines is 1. The first-order chi connectivity index (χ1) is 19.3. The van der Waals surface area contributed by atoms with Gasteiger partial charge in [0.25, 0.3) is 11.6 Å². The molecule has 0 spiro atoms. The average molecular weight is 602 g/mol. The van der Waals surface area contributed by atoms with Crippen molar-refractivity contribution in [3.8, 4) is 17.2 Å². The Hall–Kier alpha value is -4.33. The van der Waals surface area contributed by atoms with Gasteiger partial charge in [-0.15, -0.1) is 10.2 Å². The molecule has 0 aliphatic rings. The van der Waals surface area contributed by atoms with E-state index < -0.39 is 10.8 Å². The first-order valence-corrected chi connectivity index (χ1v) is 13.2. The molecular weight excluding hydrogens is 581 g/mol. The molecule has 12 nitrogen and oxygen atoms in total. The molecule has 1 aromatic heterocycles. The number of aromatic hydroxyl groups is 1. The van der Waals surface area contributed by atoms with Crippen molar-refractivity contribution in [3.63, 3.8) is 0 Å². The SMILES string of the molecule is COc1ccccc1NCc1nnc(SCC(=O)NN=Cc2cc([N+](=O)[O-])ccc2O)n1-c1ccc(Cl)cc1Cl. The van der Waals surface area contributed by atoms with Gasteiger partial charge in [-0.3, -0.25) is 19.5 Å². The second kappa shape index (κ2) is 13.2. The zero-order valence-electron chi connectivity index (χ0n) is 20.7. The lowest BCUT2D eigenvalue weighted by atomic mass is 10.2. The Labute approximate surface area is 242 Å². The molecule has 0 aliphatic heterocycles. The first-order valence-electron chi connectivity index (χ1n) is 11.5. The van der Waals surface area contributed by atoms with Crippen molar-refractivity contribution in [1.29, 1.82) is 0 Å². The monoisotopic (exact) mass is 601 g/mol. The fourth-order valence-corrected chi connectivity index (χ4v) is 4.72. The van der Waals surface area contributed by atoms with E-state index in [-0.39, 0.29) is 29.3 Å². The maximum Gasteiger partial charge on any atom is 0.270 e. The fraction of sp³-hybridized carbons (Fsp3) is 0.120. The summed E-state index contributed by atoms with van der Waals surface area (Å²) < 4.78 is 7.10. The number of phenolic OH excluding ortho intramolecular Hbond substituents is 1. The van der Waals surface area contributed by atoms with Gasteiger partial charge in [-0.2, -0.15) is 5.10 Å². The van der Waals surface area contributed by atoms with Crippen molar-refractivity contribution in [1.82, 2.24) is 20.2 Å². The predicted molar refractivity (Wildman–Crippen MR) is 153 cm³/mol. The van der Waals surface area contributed by atoms with Crippen molar-refractivity contribution in [2.45, 2.75) is 11.7 Å². The van der Waals surface area contributed by atoms with Gasteiger partial charge >= 0.3 is 0 Å². The molecule has 0 saturated carbocycles. The second-order valence-electron chi connectivity index (χ2n) is 7.97. The van der Waals surface area contributed by atoms with Crippen LogP contribution in [0.15, 0.2) is 70.9 Å². The Morgan fingerprint density at radius 1 is 1.20 bits per heavy atom. The van der Waals surface area contributed by atoms with E-state index in [1.165, 1.54) is 6.07 Å². The van der Waals surface area contributed by atoms with Crippen LogP contribution in [0.25, 0.3) is 5.69 Å². The lowest BCUT2D eigenvalue weighted by Gasteiger charge is -2.14. The number of methoxy groups -OCH3 is 1. The van der Waals surface area contributed by atoms with Crippen LogP contribution >= 0.6 is 35.0 Å². The van der Waals surface area contributed by atoms with Crippen LogP contribution in [0.4, 0.5) is 11.4 Å². The highest BCUT2D eigenvalue weighted by atomic mass is 35.5. The number of non-ortho nitro benzene ring substituents is 1. The average Bonchev–Trinajstić information content (AvgIpc) is 3.34. The predicted octanol–water partition coefficient (Wildman–Crippen LogP) is 5.05. The molecule has 0 atom stereocenters. The van der Waals surface area contributed by atoms with E-state index in [1.54, 1.807) is 29.9 Å². The lowest BCUT2D eigenvalue weighted by molar-refractivity contribution is -0.384. The molecule has 0 bridgehead atoms. The minimum absolute atomic E-state index is 0.0754. The van der Waals surface area contributed by atoms with Gasteiger partial charge in [0.05, 0.1) is 46.9 Å². The third-order valence-electron chi connectivity index (χ3n) is 5.34. The van der Waals surface area contributed by atoms with Crippen molar-refractivity contribution in [3.05, 3.63) is 92.2 Å². The largest absolute Gasteiger partial charge is 0.507 e. The van der Waals surface area contributed by atoms with Crippen LogP contribution in [-0.2, 0) is 11.3 Å². The van der Waals surface area contributed by atoms with E-state index in [4.69, 9.17) is 27.9 Å². The summed E-state index contributed by atoms with van der Waals surface area (Å²) in [5, 5.41) is 37.6. The summed E-state index contributed by atoms with van der Waals surface area (Å²) in [7, 11) is 1.58. The van der Waals surface area contributed by atoms with Crippen LogP contribution in [0, 0.1) is 10.1 Å². The summed E-state index contributed by atoms with van der Waals surface area (Å²) in [6, 6.07) is 15.9. The van der Waals surface area contributed by atoms with E-state index in [2.05, 4.69) is 26.0 Å². The van der Waals surface area contributed by atoms with E-state index in [1.807, 2.05) is 24.3 Å². The summed E-state index contributed by atoms with van der Waals surface area (Å²) in [6.07, 6.45) is 1.11. The molecule has 0 radical (unpaired) electrons. The highest BCUT2D eigenvalue weighted by Gasteiger charge is 2.19. The number of thioether (sulfide) groups is 1. The number of para-hydroxylation sites is 2. The number of carbonyl (C=O) groups is 1. The molecule has 40 heavy (non-hydrogen) atoms.